The summed E-state index contributed by atoms with van der Waals surface area (Å²) >= 11 is 0. The number of carbonyl (C=O) groups excluding carboxylic acids is 2. The summed E-state index contributed by atoms with van der Waals surface area (Å²) in [5, 5.41) is 0. The van der Waals surface area contributed by atoms with Gasteiger partial charge in [-0.25, -0.2) is 4.39 Å². The number of nitrogens with two attached hydrogens (primary N) is 1. The second-order valence-corrected chi connectivity index (χ2v) is 3.80. The Balaban J connectivity index is 2.62. The number of hydrogen-bond donors (Lipinski definition) is 1. The molecular formula is C8H13FN2O2. The lowest BCUT2D eigenvalue weighted by atomic mass is 9.89. The van der Waals surface area contributed by atoms with Crippen molar-refractivity contribution in [1.29, 1.82) is 0 Å². The van der Waals surface area contributed by atoms with Crippen LogP contribution in [0.15, 0.2) is 0 Å². The summed E-state index contributed by atoms with van der Waals surface area (Å²) in [5.41, 5.74) is 3.82. The SMILES string of the molecule is CC(C)(C(N)=O)C(=O)N1CC(F)C1. The van der Waals surface area contributed by atoms with E-state index < -0.39 is 23.4 Å². The Morgan fingerprint density at radius 2 is 1.92 bits per heavy atom. The molecule has 0 atom stereocenters. The third-order valence-corrected chi connectivity index (χ3v) is 2.27. The molecule has 0 unspecified atom stereocenters. The van der Waals surface area contributed by atoms with Crippen LogP contribution in [0, 0.1) is 5.41 Å². The van der Waals surface area contributed by atoms with Crippen molar-refractivity contribution in [2.75, 3.05) is 13.1 Å². The molecule has 74 valence electrons. The number of hydrogen-bond acceptors (Lipinski definition) is 2. The second kappa shape index (κ2) is 2.97. The maximum absolute atomic E-state index is 12.4. The highest BCUT2D eigenvalue weighted by molar-refractivity contribution is 6.03. The van der Waals surface area contributed by atoms with E-state index in [-0.39, 0.29) is 13.1 Å². The number of rotatable bonds is 2. The lowest BCUT2D eigenvalue weighted by molar-refractivity contribution is -0.152. The van der Waals surface area contributed by atoms with Gasteiger partial charge in [0.25, 0.3) is 0 Å². The van der Waals surface area contributed by atoms with Crippen LogP contribution in [0.4, 0.5) is 4.39 Å². The molecule has 2 N–H and O–H groups in total. The predicted molar refractivity (Wildman–Crippen MR) is 44.5 cm³/mol. The largest absolute Gasteiger partial charge is 0.369 e. The summed E-state index contributed by atoms with van der Waals surface area (Å²) < 4.78 is 12.4. The van der Waals surface area contributed by atoms with E-state index in [1.54, 1.807) is 0 Å². The molecule has 0 radical (unpaired) electrons. The molecule has 0 aliphatic carbocycles. The zero-order chi connectivity index (χ0) is 10.2. The van der Waals surface area contributed by atoms with Gasteiger partial charge in [-0.2, -0.15) is 0 Å². The summed E-state index contributed by atoms with van der Waals surface area (Å²) in [6.45, 7) is 3.05. The summed E-state index contributed by atoms with van der Waals surface area (Å²) in [7, 11) is 0. The third kappa shape index (κ3) is 1.64. The van der Waals surface area contributed by atoms with Crippen molar-refractivity contribution in [2.24, 2.45) is 11.1 Å². The average molecular weight is 188 g/mol. The van der Waals surface area contributed by atoms with Crippen molar-refractivity contribution >= 4 is 11.8 Å². The van der Waals surface area contributed by atoms with Crippen molar-refractivity contribution < 1.29 is 14.0 Å². The normalized spacial score (nSPS) is 18.2. The highest BCUT2D eigenvalue weighted by Crippen LogP contribution is 2.23. The highest BCUT2D eigenvalue weighted by Gasteiger charge is 2.42. The Morgan fingerprint density at radius 3 is 2.23 bits per heavy atom. The van der Waals surface area contributed by atoms with E-state index >= 15 is 0 Å². The molecule has 0 aromatic carbocycles. The number of likely N-dealkylation sites (tertiary alicyclic amines) is 1. The first kappa shape index (κ1) is 9.95. The zero-order valence-electron chi connectivity index (χ0n) is 7.71. The summed E-state index contributed by atoms with van der Waals surface area (Å²) in [5.74, 6) is -1.08. The van der Waals surface area contributed by atoms with Crippen LogP contribution in [0.5, 0.6) is 0 Å². The molecular weight excluding hydrogens is 175 g/mol. The van der Waals surface area contributed by atoms with Crippen LogP contribution < -0.4 is 5.73 Å². The van der Waals surface area contributed by atoms with Crippen molar-refractivity contribution in [3.05, 3.63) is 0 Å². The van der Waals surface area contributed by atoms with Gasteiger partial charge < -0.3 is 10.6 Å². The Morgan fingerprint density at radius 1 is 1.46 bits per heavy atom. The van der Waals surface area contributed by atoms with Crippen LogP contribution in [0.25, 0.3) is 0 Å². The van der Waals surface area contributed by atoms with E-state index in [2.05, 4.69) is 0 Å². The van der Waals surface area contributed by atoms with Gasteiger partial charge in [0, 0.05) is 0 Å². The van der Waals surface area contributed by atoms with Crippen molar-refractivity contribution in [1.82, 2.24) is 4.90 Å². The van der Waals surface area contributed by atoms with Crippen LogP contribution in [0.3, 0.4) is 0 Å². The molecule has 0 aromatic heterocycles. The smallest absolute Gasteiger partial charge is 0.237 e. The molecule has 1 saturated heterocycles. The molecule has 13 heavy (non-hydrogen) atoms. The molecule has 2 amide bonds. The molecule has 1 aliphatic heterocycles. The van der Waals surface area contributed by atoms with Crippen molar-refractivity contribution in [2.45, 2.75) is 20.0 Å². The molecule has 4 nitrogen and oxygen atoms in total. The van der Waals surface area contributed by atoms with E-state index in [0.29, 0.717) is 0 Å². The molecule has 1 rings (SSSR count). The van der Waals surface area contributed by atoms with Gasteiger partial charge >= 0.3 is 0 Å². The number of halogens is 1. The molecule has 0 saturated carbocycles. The molecule has 5 heteroatoms. The minimum absolute atomic E-state index is 0.0789. The molecule has 0 spiro atoms. The lowest BCUT2D eigenvalue weighted by Crippen LogP contribution is -2.57. The maximum Gasteiger partial charge on any atom is 0.237 e. The minimum Gasteiger partial charge on any atom is -0.369 e. The van der Waals surface area contributed by atoms with Gasteiger partial charge in [-0.3, -0.25) is 9.59 Å². The number of carbonyl (C=O) groups is 2. The molecule has 0 bridgehead atoms. The standard InChI is InChI=1S/C8H13FN2O2/c1-8(2,6(10)12)7(13)11-3-5(9)4-11/h5H,3-4H2,1-2H3,(H2,10,12). The fraction of sp³-hybridized carbons (Fsp3) is 0.750. The van der Waals surface area contributed by atoms with E-state index in [1.807, 2.05) is 0 Å². The third-order valence-electron chi connectivity index (χ3n) is 2.27. The number of alkyl halides is 1. The zero-order valence-corrected chi connectivity index (χ0v) is 7.71. The Labute approximate surface area is 75.9 Å². The molecule has 1 aliphatic rings. The van der Waals surface area contributed by atoms with Crippen LogP contribution in [0.1, 0.15) is 13.8 Å². The van der Waals surface area contributed by atoms with Crippen molar-refractivity contribution in [3.63, 3.8) is 0 Å². The molecule has 0 aromatic rings. The van der Waals surface area contributed by atoms with Crippen molar-refractivity contribution in [3.8, 4) is 0 Å². The lowest BCUT2D eigenvalue weighted by Gasteiger charge is -2.38. The van der Waals surface area contributed by atoms with Crippen LogP contribution >= 0.6 is 0 Å². The summed E-state index contributed by atoms with van der Waals surface area (Å²) in [4.78, 5) is 23.7. The number of primary amides is 1. The Kier molecular flexibility index (Phi) is 2.28. The van der Waals surface area contributed by atoms with E-state index in [9.17, 15) is 14.0 Å². The number of nitrogens with zero attached hydrogens (tertiary/aromatic N) is 1. The first-order valence-corrected chi connectivity index (χ1v) is 4.09. The topological polar surface area (TPSA) is 63.4 Å². The molecule has 1 fully saturated rings. The van der Waals surface area contributed by atoms with E-state index in [4.69, 9.17) is 5.73 Å². The van der Waals surface area contributed by atoms with Crippen LogP contribution in [0.2, 0.25) is 0 Å². The van der Waals surface area contributed by atoms with Crippen LogP contribution in [-0.2, 0) is 9.59 Å². The summed E-state index contributed by atoms with van der Waals surface area (Å²) in [6, 6.07) is 0. The quantitative estimate of drug-likeness (QED) is 0.603. The van der Waals surface area contributed by atoms with E-state index in [0.717, 1.165) is 0 Å². The average Bonchev–Trinajstić information content (AvgIpc) is 1.97. The van der Waals surface area contributed by atoms with E-state index in [1.165, 1.54) is 18.7 Å². The van der Waals surface area contributed by atoms with Gasteiger partial charge in [-0.05, 0) is 13.8 Å². The second-order valence-electron chi connectivity index (χ2n) is 3.80. The summed E-state index contributed by atoms with van der Waals surface area (Å²) in [6.07, 6.45) is -0.951. The fourth-order valence-corrected chi connectivity index (χ4v) is 1.09. The Hall–Kier alpha value is -1.13. The number of amides is 2. The fourth-order valence-electron chi connectivity index (χ4n) is 1.09. The first-order chi connectivity index (χ1) is 5.85. The monoisotopic (exact) mass is 188 g/mol. The minimum atomic E-state index is -1.22. The van der Waals surface area contributed by atoms with Crippen LogP contribution in [-0.4, -0.2) is 36.0 Å². The molecule has 1 heterocycles. The highest BCUT2D eigenvalue weighted by atomic mass is 19.1. The van der Waals surface area contributed by atoms with Gasteiger partial charge in [0.2, 0.25) is 11.8 Å². The van der Waals surface area contributed by atoms with Gasteiger partial charge in [-0.15, -0.1) is 0 Å². The van der Waals surface area contributed by atoms with Gasteiger partial charge in [0.1, 0.15) is 11.6 Å². The maximum atomic E-state index is 12.4. The Bertz CT molecular complexity index is 247. The van der Waals surface area contributed by atoms with Gasteiger partial charge in [-0.1, -0.05) is 0 Å². The first-order valence-electron chi connectivity index (χ1n) is 4.09. The van der Waals surface area contributed by atoms with Gasteiger partial charge in [0.05, 0.1) is 13.1 Å². The predicted octanol–water partition coefficient (Wildman–Crippen LogP) is -0.322. The van der Waals surface area contributed by atoms with Gasteiger partial charge in [0.15, 0.2) is 0 Å².